The zero-order valence-corrected chi connectivity index (χ0v) is 10.5. The van der Waals surface area contributed by atoms with Crippen molar-refractivity contribution < 1.29 is 22.0 Å². The number of nitrogens with one attached hydrogen (secondary N) is 1. The summed E-state index contributed by atoms with van der Waals surface area (Å²) >= 11 is 0. The Bertz CT molecular complexity index is 666. The minimum absolute atomic E-state index is 0.164. The molecule has 9 heteroatoms. The topological polar surface area (TPSA) is 42.7 Å². The molecule has 2 aromatic rings. The van der Waals surface area contributed by atoms with Gasteiger partial charge in [-0.3, -0.25) is 0 Å². The molecule has 0 amide bonds. The number of nitrogens with zero attached hydrogens (tertiary/aromatic N) is 3. The molecule has 0 unspecified atom stereocenters. The lowest BCUT2D eigenvalue weighted by atomic mass is 10.2. The molecule has 0 bridgehead atoms. The smallest absolute Gasteiger partial charge is 0.200 e. The van der Waals surface area contributed by atoms with E-state index in [-0.39, 0.29) is 12.2 Å². The van der Waals surface area contributed by atoms with Gasteiger partial charge in [-0.25, -0.2) is 26.6 Å². The zero-order valence-electron chi connectivity index (χ0n) is 10.5. The SMILES string of the molecule is Fc1c(F)c(F)c(-n2nncc2CNC2CC2)c(F)c1F. The van der Waals surface area contributed by atoms with Crippen molar-refractivity contribution >= 4 is 0 Å². The van der Waals surface area contributed by atoms with Crippen LogP contribution in [0.2, 0.25) is 0 Å². The monoisotopic (exact) mass is 304 g/mol. The second kappa shape index (κ2) is 5.06. The standard InChI is InChI=1S/C12H9F5N4/c13-7-8(14)10(16)12(11(17)9(7)15)21-6(4-19-20-21)3-18-5-1-2-5/h4-5,18H,1-3H2. The van der Waals surface area contributed by atoms with Crippen LogP contribution in [0.1, 0.15) is 18.5 Å². The Hall–Kier alpha value is -2.03. The highest BCUT2D eigenvalue weighted by Crippen LogP contribution is 2.26. The van der Waals surface area contributed by atoms with E-state index < -0.39 is 34.8 Å². The Labute approximate surface area is 115 Å². The van der Waals surface area contributed by atoms with E-state index in [2.05, 4.69) is 15.6 Å². The molecule has 3 rings (SSSR count). The first kappa shape index (κ1) is 13.9. The largest absolute Gasteiger partial charge is 0.308 e. The van der Waals surface area contributed by atoms with Crippen molar-refractivity contribution in [1.29, 1.82) is 0 Å². The molecule has 21 heavy (non-hydrogen) atoms. The van der Waals surface area contributed by atoms with E-state index in [4.69, 9.17) is 0 Å². The number of hydrogen-bond acceptors (Lipinski definition) is 3. The van der Waals surface area contributed by atoms with Crippen LogP contribution in [-0.2, 0) is 6.54 Å². The molecular formula is C12H9F5N4. The summed E-state index contributed by atoms with van der Waals surface area (Å²) in [4.78, 5) is 0. The Morgan fingerprint density at radius 1 is 1.00 bits per heavy atom. The predicted molar refractivity (Wildman–Crippen MR) is 61.0 cm³/mol. The number of rotatable bonds is 4. The van der Waals surface area contributed by atoms with Gasteiger partial charge in [0.15, 0.2) is 23.3 Å². The number of benzene rings is 1. The molecule has 1 aliphatic carbocycles. The second-order valence-corrected chi connectivity index (χ2v) is 4.71. The van der Waals surface area contributed by atoms with Crippen LogP contribution in [0.5, 0.6) is 0 Å². The van der Waals surface area contributed by atoms with Crippen molar-refractivity contribution in [3.8, 4) is 5.69 Å². The van der Waals surface area contributed by atoms with Crippen molar-refractivity contribution in [3.63, 3.8) is 0 Å². The zero-order chi connectivity index (χ0) is 15.1. The maximum absolute atomic E-state index is 13.7. The molecule has 1 N–H and O–H groups in total. The fourth-order valence-corrected chi connectivity index (χ4v) is 1.88. The van der Waals surface area contributed by atoms with Gasteiger partial charge in [0.25, 0.3) is 0 Å². The summed E-state index contributed by atoms with van der Waals surface area (Å²) in [5.74, 6) is -10.1. The molecule has 4 nitrogen and oxygen atoms in total. The summed E-state index contributed by atoms with van der Waals surface area (Å²) in [7, 11) is 0. The van der Waals surface area contributed by atoms with Crippen molar-refractivity contribution in [1.82, 2.24) is 20.3 Å². The summed E-state index contributed by atoms with van der Waals surface area (Å²) in [6, 6.07) is 0.296. The summed E-state index contributed by atoms with van der Waals surface area (Å²) in [5, 5.41) is 9.91. The Balaban J connectivity index is 2.06. The van der Waals surface area contributed by atoms with E-state index in [9.17, 15) is 22.0 Å². The van der Waals surface area contributed by atoms with E-state index in [1.807, 2.05) is 0 Å². The van der Waals surface area contributed by atoms with Gasteiger partial charge in [-0.15, -0.1) is 5.10 Å². The molecule has 0 aliphatic heterocycles. The lowest BCUT2D eigenvalue weighted by molar-refractivity contribution is 0.372. The summed E-state index contributed by atoms with van der Waals surface area (Å²) in [6.45, 7) is 0.164. The molecule has 1 aromatic carbocycles. The van der Waals surface area contributed by atoms with Gasteiger partial charge in [0.05, 0.1) is 11.9 Å². The highest BCUT2D eigenvalue weighted by molar-refractivity contribution is 5.37. The Kier molecular flexibility index (Phi) is 3.36. The van der Waals surface area contributed by atoms with Crippen molar-refractivity contribution in [2.75, 3.05) is 0 Å². The van der Waals surface area contributed by atoms with Crippen LogP contribution in [0.4, 0.5) is 22.0 Å². The Morgan fingerprint density at radius 3 is 2.14 bits per heavy atom. The third-order valence-corrected chi connectivity index (χ3v) is 3.17. The molecule has 1 saturated carbocycles. The maximum Gasteiger partial charge on any atom is 0.200 e. The van der Waals surface area contributed by atoms with E-state index in [1.165, 1.54) is 6.20 Å². The average Bonchev–Trinajstić information content (AvgIpc) is 3.20. The molecule has 0 saturated heterocycles. The minimum Gasteiger partial charge on any atom is -0.308 e. The van der Waals surface area contributed by atoms with Crippen LogP contribution in [0.3, 0.4) is 0 Å². The van der Waals surface area contributed by atoms with Crippen LogP contribution in [0, 0.1) is 29.1 Å². The first-order valence-electron chi connectivity index (χ1n) is 6.15. The van der Waals surface area contributed by atoms with Gasteiger partial charge in [0.1, 0.15) is 5.69 Å². The van der Waals surface area contributed by atoms with Crippen molar-refractivity contribution in [2.45, 2.75) is 25.4 Å². The normalized spacial score (nSPS) is 14.7. The fraction of sp³-hybridized carbons (Fsp3) is 0.333. The fourth-order valence-electron chi connectivity index (χ4n) is 1.88. The summed E-state index contributed by atoms with van der Waals surface area (Å²) in [5.41, 5.74) is -0.929. The number of hydrogen-bond donors (Lipinski definition) is 1. The van der Waals surface area contributed by atoms with E-state index in [0.29, 0.717) is 10.7 Å². The third kappa shape index (κ3) is 2.37. The average molecular weight is 304 g/mol. The van der Waals surface area contributed by atoms with Crippen molar-refractivity contribution in [3.05, 3.63) is 41.0 Å². The quantitative estimate of drug-likeness (QED) is 0.535. The molecule has 0 atom stereocenters. The molecule has 1 aromatic heterocycles. The number of aromatic nitrogens is 3. The van der Waals surface area contributed by atoms with Crippen LogP contribution in [0.25, 0.3) is 5.69 Å². The summed E-state index contributed by atoms with van der Waals surface area (Å²) in [6.07, 6.45) is 3.15. The van der Waals surface area contributed by atoms with Gasteiger partial charge < -0.3 is 5.32 Å². The lowest BCUT2D eigenvalue weighted by Gasteiger charge is -2.10. The second-order valence-electron chi connectivity index (χ2n) is 4.71. The van der Waals surface area contributed by atoms with Crippen LogP contribution in [-0.4, -0.2) is 21.0 Å². The summed E-state index contributed by atoms with van der Waals surface area (Å²) < 4.78 is 67.5. The maximum atomic E-state index is 13.7. The van der Waals surface area contributed by atoms with Gasteiger partial charge in [-0.2, -0.15) is 0 Å². The lowest BCUT2D eigenvalue weighted by Crippen LogP contribution is -2.20. The van der Waals surface area contributed by atoms with Crippen LogP contribution >= 0.6 is 0 Å². The predicted octanol–water partition coefficient (Wildman–Crippen LogP) is 2.21. The van der Waals surface area contributed by atoms with Crippen molar-refractivity contribution in [2.24, 2.45) is 0 Å². The van der Waals surface area contributed by atoms with Crippen LogP contribution < -0.4 is 5.32 Å². The number of halogens is 5. The van der Waals surface area contributed by atoms with Crippen LogP contribution in [0.15, 0.2) is 6.20 Å². The molecule has 1 fully saturated rings. The molecule has 112 valence electrons. The third-order valence-electron chi connectivity index (χ3n) is 3.17. The van der Waals surface area contributed by atoms with Gasteiger partial charge in [-0.1, -0.05) is 5.21 Å². The van der Waals surface area contributed by atoms with E-state index in [0.717, 1.165) is 12.8 Å². The van der Waals surface area contributed by atoms with Gasteiger partial charge in [0, 0.05) is 12.6 Å². The molecule has 1 aliphatic rings. The molecular weight excluding hydrogens is 295 g/mol. The molecule has 1 heterocycles. The van der Waals surface area contributed by atoms with Gasteiger partial charge in [-0.05, 0) is 12.8 Å². The van der Waals surface area contributed by atoms with E-state index >= 15 is 0 Å². The van der Waals surface area contributed by atoms with Gasteiger partial charge >= 0.3 is 0 Å². The first-order valence-corrected chi connectivity index (χ1v) is 6.15. The van der Waals surface area contributed by atoms with E-state index in [1.54, 1.807) is 0 Å². The van der Waals surface area contributed by atoms with Gasteiger partial charge in [0.2, 0.25) is 5.82 Å². The molecule has 0 radical (unpaired) electrons. The molecule has 0 spiro atoms. The highest BCUT2D eigenvalue weighted by atomic mass is 19.2. The Morgan fingerprint density at radius 2 is 1.57 bits per heavy atom. The highest BCUT2D eigenvalue weighted by Gasteiger charge is 2.29. The minimum atomic E-state index is -2.20. The first-order chi connectivity index (χ1) is 10.0.